The van der Waals surface area contributed by atoms with Crippen LogP contribution < -0.4 is 0 Å². The summed E-state index contributed by atoms with van der Waals surface area (Å²) >= 11 is 3.17. The fourth-order valence-corrected chi connectivity index (χ4v) is 3.32. The van der Waals surface area contributed by atoms with E-state index in [-0.39, 0.29) is 0 Å². The third-order valence-electron chi connectivity index (χ3n) is 2.80. The highest BCUT2D eigenvalue weighted by atomic mass is 32.2. The molecule has 4 atom stereocenters. The van der Waals surface area contributed by atoms with Crippen LogP contribution in [0.4, 0.5) is 0 Å². The van der Waals surface area contributed by atoms with E-state index in [2.05, 4.69) is 0 Å². The van der Waals surface area contributed by atoms with Gasteiger partial charge in [0.2, 0.25) is 0 Å². The zero-order valence-electron chi connectivity index (χ0n) is 8.48. The van der Waals surface area contributed by atoms with Gasteiger partial charge >= 0.3 is 0 Å². The minimum absolute atomic E-state index is 0.354. The van der Waals surface area contributed by atoms with E-state index in [1.165, 1.54) is 0 Å². The number of thioether (sulfide) groups is 2. The fraction of sp³-hybridized carbons (Fsp3) is 0.333. The van der Waals surface area contributed by atoms with E-state index in [0.717, 1.165) is 0 Å². The summed E-state index contributed by atoms with van der Waals surface area (Å²) < 4.78 is 0. The van der Waals surface area contributed by atoms with Crippen LogP contribution in [0, 0.1) is 0 Å². The summed E-state index contributed by atoms with van der Waals surface area (Å²) in [5.41, 5.74) is 0. The number of fused-ring (bicyclic) bond motifs is 2. The second-order valence-electron chi connectivity index (χ2n) is 4.07. The molecule has 2 aliphatic heterocycles. The highest BCUT2D eigenvalue weighted by Gasteiger charge is 2.52. The van der Waals surface area contributed by atoms with Crippen LogP contribution in [0.25, 0.3) is 0 Å². The number of rotatable bonds is 0. The lowest BCUT2D eigenvalue weighted by Crippen LogP contribution is -2.08. The van der Waals surface area contributed by atoms with Gasteiger partial charge in [-0.25, -0.2) is 0 Å². The molecule has 2 saturated heterocycles. The Labute approximate surface area is 103 Å². The maximum atomic E-state index is 9.27. The molecule has 0 aromatic rings. The SMILES string of the molecule is OC12C=CC=CC1S2.OC12C=CC=CC1S2. The largest absolute Gasteiger partial charge is 0.374 e. The second-order valence-corrected chi connectivity index (χ2v) is 6.86. The molecule has 4 aliphatic rings. The van der Waals surface area contributed by atoms with E-state index in [1.54, 1.807) is 23.5 Å². The molecule has 4 unspecified atom stereocenters. The maximum absolute atomic E-state index is 9.27. The molecule has 16 heavy (non-hydrogen) atoms. The average Bonchev–Trinajstić information content (AvgIpc) is 3.10. The van der Waals surface area contributed by atoms with E-state index in [0.29, 0.717) is 10.5 Å². The average molecular weight is 252 g/mol. The van der Waals surface area contributed by atoms with Crippen LogP contribution in [-0.4, -0.2) is 30.6 Å². The Hall–Kier alpha value is -0.420. The van der Waals surface area contributed by atoms with Crippen LogP contribution in [0.15, 0.2) is 48.6 Å². The van der Waals surface area contributed by atoms with Gasteiger partial charge in [0, 0.05) is 0 Å². The standard InChI is InChI=1S/2C6H6OS/c2*7-6-4-2-1-3-5(6)8-6/h2*1-5,7H. The molecule has 0 amide bonds. The summed E-state index contributed by atoms with van der Waals surface area (Å²) in [7, 11) is 0. The smallest absolute Gasteiger partial charge is 0.145 e. The predicted molar refractivity (Wildman–Crippen MR) is 69.2 cm³/mol. The maximum Gasteiger partial charge on any atom is 0.145 e. The van der Waals surface area contributed by atoms with Crippen molar-refractivity contribution in [3.05, 3.63) is 48.6 Å². The third-order valence-corrected chi connectivity index (χ3v) is 5.36. The number of allylic oxidation sites excluding steroid dienone is 4. The topological polar surface area (TPSA) is 40.5 Å². The van der Waals surface area contributed by atoms with Crippen molar-refractivity contribution >= 4 is 23.5 Å². The monoisotopic (exact) mass is 252 g/mol. The van der Waals surface area contributed by atoms with Crippen LogP contribution in [-0.2, 0) is 0 Å². The van der Waals surface area contributed by atoms with E-state index in [9.17, 15) is 10.2 Å². The van der Waals surface area contributed by atoms with Crippen LogP contribution in [0.1, 0.15) is 0 Å². The molecule has 0 aromatic heterocycles. The first-order valence-electron chi connectivity index (χ1n) is 5.15. The molecule has 84 valence electrons. The van der Waals surface area contributed by atoms with Crippen molar-refractivity contribution in [1.29, 1.82) is 0 Å². The molecule has 0 bridgehead atoms. The van der Waals surface area contributed by atoms with Crippen molar-refractivity contribution in [3.63, 3.8) is 0 Å². The van der Waals surface area contributed by atoms with E-state index in [4.69, 9.17) is 0 Å². The molecule has 2 N–H and O–H groups in total. The molecule has 2 nitrogen and oxygen atoms in total. The Balaban J connectivity index is 0.000000101. The van der Waals surface area contributed by atoms with Crippen molar-refractivity contribution in [1.82, 2.24) is 0 Å². The molecule has 0 spiro atoms. The second kappa shape index (κ2) is 3.53. The summed E-state index contributed by atoms with van der Waals surface area (Å²) in [6.07, 6.45) is 15.4. The Morgan fingerprint density at radius 3 is 1.44 bits per heavy atom. The van der Waals surface area contributed by atoms with Crippen LogP contribution in [0.2, 0.25) is 0 Å². The minimum Gasteiger partial charge on any atom is -0.374 e. The van der Waals surface area contributed by atoms with Gasteiger partial charge in [-0.3, -0.25) is 0 Å². The Bertz CT molecular complexity index is 387. The number of aliphatic hydroxyl groups is 2. The van der Waals surface area contributed by atoms with Gasteiger partial charge < -0.3 is 10.2 Å². The first-order valence-corrected chi connectivity index (χ1v) is 6.91. The summed E-state index contributed by atoms with van der Waals surface area (Å²) in [6.45, 7) is 0. The van der Waals surface area contributed by atoms with Crippen molar-refractivity contribution < 1.29 is 10.2 Å². The summed E-state index contributed by atoms with van der Waals surface area (Å²) in [6, 6.07) is 0. The van der Waals surface area contributed by atoms with Crippen molar-refractivity contribution in [3.8, 4) is 0 Å². The summed E-state index contributed by atoms with van der Waals surface area (Å²) in [4.78, 5) is -1.01. The Morgan fingerprint density at radius 1 is 0.750 bits per heavy atom. The molecule has 2 aliphatic carbocycles. The molecular weight excluding hydrogens is 240 g/mol. The van der Waals surface area contributed by atoms with Gasteiger partial charge in [-0.05, 0) is 12.2 Å². The van der Waals surface area contributed by atoms with Gasteiger partial charge in [0.1, 0.15) is 9.87 Å². The fourth-order valence-electron chi connectivity index (χ4n) is 1.68. The number of hydrogen-bond acceptors (Lipinski definition) is 4. The van der Waals surface area contributed by atoms with Crippen molar-refractivity contribution in [2.75, 3.05) is 0 Å². The van der Waals surface area contributed by atoms with E-state index >= 15 is 0 Å². The lowest BCUT2D eigenvalue weighted by molar-refractivity contribution is 0.228. The highest BCUT2D eigenvalue weighted by molar-refractivity contribution is 8.09. The van der Waals surface area contributed by atoms with Gasteiger partial charge in [0.15, 0.2) is 0 Å². The van der Waals surface area contributed by atoms with Crippen LogP contribution in [0.3, 0.4) is 0 Å². The van der Waals surface area contributed by atoms with E-state index in [1.807, 2.05) is 48.6 Å². The van der Waals surface area contributed by atoms with Gasteiger partial charge in [0.25, 0.3) is 0 Å². The van der Waals surface area contributed by atoms with Gasteiger partial charge in [0.05, 0.1) is 10.5 Å². The molecule has 4 rings (SSSR count). The van der Waals surface area contributed by atoms with Crippen molar-refractivity contribution in [2.45, 2.75) is 20.4 Å². The minimum atomic E-state index is -0.505. The van der Waals surface area contributed by atoms with Crippen molar-refractivity contribution in [2.24, 2.45) is 0 Å². The van der Waals surface area contributed by atoms with E-state index < -0.39 is 9.87 Å². The Morgan fingerprint density at radius 2 is 1.19 bits per heavy atom. The molecular formula is C12H12O2S2. The lowest BCUT2D eigenvalue weighted by Gasteiger charge is -1.98. The first kappa shape index (κ1) is 10.7. The third kappa shape index (κ3) is 1.91. The summed E-state index contributed by atoms with van der Waals surface area (Å²) in [5, 5.41) is 19.3. The lowest BCUT2D eigenvalue weighted by atomic mass is 10.1. The van der Waals surface area contributed by atoms with Gasteiger partial charge in [-0.2, -0.15) is 0 Å². The number of hydrogen-bond donors (Lipinski definition) is 2. The Kier molecular flexibility index (Phi) is 2.37. The molecule has 0 aromatic carbocycles. The molecule has 2 fully saturated rings. The van der Waals surface area contributed by atoms with Gasteiger partial charge in [-0.1, -0.05) is 36.5 Å². The predicted octanol–water partition coefficient (Wildman–Crippen LogP) is 1.83. The molecule has 2 heterocycles. The zero-order chi connectivity index (χ0) is 11.2. The van der Waals surface area contributed by atoms with Crippen LogP contribution in [0.5, 0.6) is 0 Å². The molecule has 0 radical (unpaired) electrons. The first-order chi connectivity index (χ1) is 7.62. The van der Waals surface area contributed by atoms with Crippen LogP contribution >= 0.6 is 23.5 Å². The quantitative estimate of drug-likeness (QED) is 0.645. The highest BCUT2D eigenvalue weighted by Crippen LogP contribution is 2.55. The summed E-state index contributed by atoms with van der Waals surface area (Å²) in [5.74, 6) is 0. The zero-order valence-corrected chi connectivity index (χ0v) is 10.1. The normalized spacial score (nSPS) is 48.9. The molecule has 4 heteroatoms. The molecule has 0 saturated carbocycles. The van der Waals surface area contributed by atoms with Gasteiger partial charge in [-0.15, -0.1) is 23.5 Å².